The van der Waals surface area contributed by atoms with Crippen LogP contribution in [0.5, 0.6) is 0 Å². The van der Waals surface area contributed by atoms with Crippen molar-refractivity contribution in [1.82, 2.24) is 19.4 Å². The van der Waals surface area contributed by atoms with Crippen molar-refractivity contribution < 1.29 is 13.2 Å². The number of nitrogens with zero attached hydrogens (tertiary/aromatic N) is 3. The topological polar surface area (TPSA) is 53.9 Å². The molecule has 0 bridgehead atoms. The second-order valence-corrected chi connectivity index (χ2v) is 6.45. The predicted octanol–water partition coefficient (Wildman–Crippen LogP) is 3.12. The molecule has 1 aromatic carbocycles. The number of nitrogens with one attached hydrogen (secondary N) is 1. The minimum atomic E-state index is -4.40. The number of rotatable bonds is 4. The number of alkyl halides is 3. The smallest absolute Gasteiger partial charge is 0.301 e. The Morgan fingerprint density at radius 3 is 2.62 bits per heavy atom. The average Bonchev–Trinajstić information content (AvgIpc) is 2.88. The molecule has 0 radical (unpaired) electrons. The Balaban J connectivity index is 1.71. The number of hydrogen-bond acceptors (Lipinski definition) is 3. The van der Waals surface area contributed by atoms with Crippen molar-refractivity contribution >= 4 is 11.2 Å². The van der Waals surface area contributed by atoms with Crippen molar-refractivity contribution in [2.24, 2.45) is 0 Å². The van der Waals surface area contributed by atoms with E-state index in [1.165, 1.54) is 18.7 Å². The van der Waals surface area contributed by atoms with Crippen LogP contribution in [0.25, 0.3) is 22.3 Å². The lowest BCUT2D eigenvalue weighted by atomic mass is 10.0. The summed E-state index contributed by atoms with van der Waals surface area (Å²) < 4.78 is 40.4. The molecule has 8 heteroatoms. The summed E-state index contributed by atoms with van der Waals surface area (Å²) in [5.41, 5.74) is 1.03. The molecule has 0 aliphatic carbocycles. The summed E-state index contributed by atoms with van der Waals surface area (Å²) in [4.78, 5) is 21.4. The molecule has 136 valence electrons. The minimum Gasteiger partial charge on any atom is -0.301 e. The zero-order valence-corrected chi connectivity index (χ0v) is 13.9. The monoisotopic (exact) mass is 362 g/mol. The maximum atomic E-state index is 12.9. The van der Waals surface area contributed by atoms with Gasteiger partial charge in [-0.25, -0.2) is 9.78 Å². The van der Waals surface area contributed by atoms with Gasteiger partial charge >= 0.3 is 11.9 Å². The summed E-state index contributed by atoms with van der Waals surface area (Å²) >= 11 is 0. The summed E-state index contributed by atoms with van der Waals surface area (Å²) in [5, 5.41) is 0. The van der Waals surface area contributed by atoms with Gasteiger partial charge in [0.05, 0.1) is 11.1 Å². The molecule has 4 rings (SSSR count). The van der Waals surface area contributed by atoms with Crippen LogP contribution >= 0.6 is 0 Å². The Labute approximate surface area is 147 Å². The van der Waals surface area contributed by atoms with Crippen LogP contribution in [0.15, 0.2) is 41.3 Å². The number of benzene rings is 1. The molecule has 0 amide bonds. The Hall–Kier alpha value is -2.61. The number of hydrogen-bond donors (Lipinski definition) is 1. The van der Waals surface area contributed by atoms with Gasteiger partial charge in [-0.3, -0.25) is 9.55 Å². The maximum Gasteiger partial charge on any atom is 0.416 e. The highest BCUT2D eigenvalue weighted by atomic mass is 19.4. The fraction of sp³-hybridized carbons (Fsp3) is 0.333. The third kappa shape index (κ3) is 3.12. The largest absolute Gasteiger partial charge is 0.416 e. The van der Waals surface area contributed by atoms with Crippen LogP contribution in [0, 0.1) is 0 Å². The standard InChI is InChI=1S/C18H17F3N4O/c19-18(20,21)14-4-1-3-12(9-14)13-10-15-16(22-11-13)23-17(26)25(15)8-7-24-5-2-6-24/h1,3-4,9-11H,2,5-8H2,(H,22,23,26). The third-order valence-corrected chi connectivity index (χ3v) is 4.74. The fourth-order valence-corrected chi connectivity index (χ4v) is 3.14. The summed E-state index contributed by atoms with van der Waals surface area (Å²) in [6.45, 7) is 3.35. The van der Waals surface area contributed by atoms with Gasteiger partial charge in [0.25, 0.3) is 0 Å². The lowest BCUT2D eigenvalue weighted by Crippen LogP contribution is -2.40. The van der Waals surface area contributed by atoms with Gasteiger partial charge in [0.15, 0.2) is 5.65 Å². The third-order valence-electron chi connectivity index (χ3n) is 4.74. The predicted molar refractivity (Wildman–Crippen MR) is 91.8 cm³/mol. The lowest BCUT2D eigenvalue weighted by Gasteiger charge is -2.30. The Kier molecular flexibility index (Phi) is 4.07. The van der Waals surface area contributed by atoms with Gasteiger partial charge in [-0.1, -0.05) is 12.1 Å². The first-order chi connectivity index (χ1) is 12.4. The van der Waals surface area contributed by atoms with E-state index < -0.39 is 11.7 Å². The first-order valence-corrected chi connectivity index (χ1v) is 8.40. The first-order valence-electron chi connectivity index (χ1n) is 8.40. The van der Waals surface area contributed by atoms with Crippen LogP contribution in [0.3, 0.4) is 0 Å². The van der Waals surface area contributed by atoms with Gasteiger partial charge in [0.1, 0.15) is 0 Å². The Morgan fingerprint density at radius 2 is 1.92 bits per heavy atom. The van der Waals surface area contributed by atoms with Gasteiger partial charge in [-0.05, 0) is 43.3 Å². The molecule has 1 fully saturated rings. The van der Waals surface area contributed by atoms with Gasteiger partial charge in [-0.2, -0.15) is 13.2 Å². The minimum absolute atomic E-state index is 0.255. The molecule has 2 aromatic heterocycles. The number of halogens is 3. The van der Waals surface area contributed by atoms with Crippen molar-refractivity contribution in [3.63, 3.8) is 0 Å². The number of H-pyrrole nitrogens is 1. The molecule has 1 aliphatic heterocycles. The van der Waals surface area contributed by atoms with Crippen molar-refractivity contribution in [2.75, 3.05) is 19.6 Å². The molecule has 0 saturated carbocycles. The number of fused-ring (bicyclic) bond motifs is 1. The SMILES string of the molecule is O=c1[nH]c2ncc(-c3cccc(C(F)(F)F)c3)cc2n1CCN1CCC1. The number of likely N-dealkylation sites (tertiary alicyclic amines) is 1. The molecule has 26 heavy (non-hydrogen) atoms. The van der Waals surface area contributed by atoms with Gasteiger partial charge < -0.3 is 4.90 Å². The highest BCUT2D eigenvalue weighted by Crippen LogP contribution is 2.32. The van der Waals surface area contributed by atoms with Crippen molar-refractivity contribution in [3.8, 4) is 11.1 Å². The second-order valence-electron chi connectivity index (χ2n) is 6.45. The molecular weight excluding hydrogens is 345 g/mol. The van der Waals surface area contributed by atoms with E-state index in [4.69, 9.17) is 0 Å². The molecule has 0 spiro atoms. The molecule has 5 nitrogen and oxygen atoms in total. The van der Waals surface area contributed by atoms with Crippen LogP contribution in [0.1, 0.15) is 12.0 Å². The lowest BCUT2D eigenvalue weighted by molar-refractivity contribution is -0.137. The number of aromatic amines is 1. The summed E-state index contributed by atoms with van der Waals surface area (Å²) in [6.07, 6.45) is -1.75. The summed E-state index contributed by atoms with van der Waals surface area (Å²) in [5.74, 6) is 0. The molecule has 0 atom stereocenters. The zero-order valence-electron chi connectivity index (χ0n) is 13.9. The number of aromatic nitrogens is 3. The summed E-state index contributed by atoms with van der Waals surface area (Å²) in [7, 11) is 0. The molecule has 1 aliphatic rings. The van der Waals surface area contributed by atoms with Crippen LogP contribution in [0.2, 0.25) is 0 Å². The van der Waals surface area contributed by atoms with Crippen LogP contribution < -0.4 is 5.69 Å². The van der Waals surface area contributed by atoms with Crippen molar-refractivity contribution in [2.45, 2.75) is 19.1 Å². The fourth-order valence-electron chi connectivity index (χ4n) is 3.14. The van der Waals surface area contributed by atoms with E-state index in [1.54, 1.807) is 16.7 Å². The average molecular weight is 362 g/mol. The van der Waals surface area contributed by atoms with E-state index in [2.05, 4.69) is 14.9 Å². The van der Waals surface area contributed by atoms with E-state index in [0.29, 0.717) is 28.8 Å². The van der Waals surface area contributed by atoms with Gasteiger partial charge in [0.2, 0.25) is 0 Å². The van der Waals surface area contributed by atoms with Gasteiger partial charge in [0, 0.05) is 24.8 Å². The first kappa shape index (κ1) is 16.8. The molecule has 3 heterocycles. The van der Waals surface area contributed by atoms with E-state index in [9.17, 15) is 18.0 Å². The van der Waals surface area contributed by atoms with E-state index in [0.717, 1.165) is 31.8 Å². The number of pyridine rings is 1. The number of imidazole rings is 1. The normalized spacial score (nSPS) is 15.3. The van der Waals surface area contributed by atoms with E-state index in [1.807, 2.05) is 0 Å². The molecule has 0 unspecified atom stereocenters. The molecule has 3 aromatic rings. The highest BCUT2D eigenvalue weighted by Gasteiger charge is 2.30. The zero-order chi connectivity index (χ0) is 18.3. The molecule has 1 saturated heterocycles. The van der Waals surface area contributed by atoms with Gasteiger partial charge in [-0.15, -0.1) is 0 Å². The van der Waals surface area contributed by atoms with Crippen LogP contribution in [0.4, 0.5) is 13.2 Å². The van der Waals surface area contributed by atoms with E-state index in [-0.39, 0.29) is 5.69 Å². The Bertz CT molecular complexity index is 1000. The maximum absolute atomic E-state index is 12.9. The van der Waals surface area contributed by atoms with E-state index >= 15 is 0 Å². The van der Waals surface area contributed by atoms with Crippen molar-refractivity contribution in [1.29, 1.82) is 0 Å². The Morgan fingerprint density at radius 1 is 1.12 bits per heavy atom. The molecular formula is C18H17F3N4O. The van der Waals surface area contributed by atoms with Crippen LogP contribution in [-0.4, -0.2) is 39.1 Å². The highest BCUT2D eigenvalue weighted by molar-refractivity contribution is 5.78. The molecule has 1 N–H and O–H groups in total. The van der Waals surface area contributed by atoms with Crippen molar-refractivity contribution in [3.05, 3.63) is 52.6 Å². The quantitative estimate of drug-likeness (QED) is 0.776. The van der Waals surface area contributed by atoms with Crippen LogP contribution in [-0.2, 0) is 12.7 Å². The second kappa shape index (κ2) is 6.28. The summed E-state index contributed by atoms with van der Waals surface area (Å²) in [6, 6.07) is 6.82.